The molecular weight excluding hydrogens is 303 g/mol. The van der Waals surface area contributed by atoms with Crippen LogP contribution in [0.2, 0.25) is 0 Å². The quantitative estimate of drug-likeness (QED) is 0.789. The van der Waals surface area contributed by atoms with Gasteiger partial charge in [0.25, 0.3) is 5.91 Å². The lowest BCUT2D eigenvalue weighted by Crippen LogP contribution is -2.53. The van der Waals surface area contributed by atoms with Crippen LogP contribution in [0.5, 0.6) is 0 Å². The normalized spacial score (nSPS) is 21.3. The Morgan fingerprint density at radius 1 is 1.48 bits per heavy atom. The molecule has 23 heavy (non-hydrogen) atoms. The molecule has 1 saturated heterocycles. The lowest BCUT2D eigenvalue weighted by atomic mass is 9.97. The zero-order chi connectivity index (χ0) is 16.8. The van der Waals surface area contributed by atoms with E-state index in [-0.39, 0.29) is 24.0 Å². The molecule has 1 aliphatic heterocycles. The third kappa shape index (κ3) is 4.05. The van der Waals surface area contributed by atoms with Gasteiger partial charge < -0.3 is 19.7 Å². The van der Waals surface area contributed by atoms with E-state index < -0.39 is 18.0 Å². The summed E-state index contributed by atoms with van der Waals surface area (Å²) in [5.74, 6) is -1.13. The number of ether oxygens (including phenoxy) is 2. The number of morpholine rings is 1. The Kier molecular flexibility index (Phi) is 6.06. The number of halogens is 1. The van der Waals surface area contributed by atoms with E-state index >= 15 is 0 Å². The van der Waals surface area contributed by atoms with Crippen LogP contribution >= 0.6 is 0 Å². The van der Waals surface area contributed by atoms with E-state index in [1.807, 2.05) is 0 Å². The summed E-state index contributed by atoms with van der Waals surface area (Å²) in [6, 6.07) is 5.29. The third-order valence-corrected chi connectivity index (χ3v) is 3.79. The fourth-order valence-corrected chi connectivity index (χ4v) is 2.55. The number of hydrogen-bond donors (Lipinski definition) is 1. The molecule has 2 atom stereocenters. The smallest absolute Gasteiger partial charge is 0.251 e. The van der Waals surface area contributed by atoms with Crippen molar-refractivity contribution in [2.45, 2.75) is 18.6 Å². The average molecular weight is 324 g/mol. The summed E-state index contributed by atoms with van der Waals surface area (Å²) in [6.07, 6.45) is -0.286. The highest BCUT2D eigenvalue weighted by atomic mass is 19.1. The van der Waals surface area contributed by atoms with Crippen LogP contribution in [0.25, 0.3) is 0 Å². The molecule has 1 fully saturated rings. The molecule has 0 bridgehead atoms. The molecule has 0 radical (unpaired) electrons. The van der Waals surface area contributed by atoms with E-state index in [1.165, 1.54) is 11.0 Å². The molecule has 7 heteroatoms. The Labute approximate surface area is 134 Å². The molecule has 1 aliphatic rings. The second kappa shape index (κ2) is 8.03. The highest BCUT2D eigenvalue weighted by Gasteiger charge is 2.41. The molecule has 1 N–H and O–H groups in total. The minimum atomic E-state index is -0.947. The zero-order valence-electron chi connectivity index (χ0n) is 13.3. The molecule has 2 amide bonds. The van der Waals surface area contributed by atoms with Gasteiger partial charge in [-0.2, -0.15) is 0 Å². The summed E-state index contributed by atoms with van der Waals surface area (Å²) < 4.78 is 24.4. The van der Waals surface area contributed by atoms with Crippen molar-refractivity contribution in [3.8, 4) is 0 Å². The maximum Gasteiger partial charge on any atom is 0.251 e. The first-order valence-electron chi connectivity index (χ1n) is 7.44. The van der Waals surface area contributed by atoms with Gasteiger partial charge in [-0.25, -0.2) is 4.39 Å². The molecule has 0 aromatic heterocycles. The molecule has 6 nitrogen and oxygen atoms in total. The van der Waals surface area contributed by atoms with Crippen molar-refractivity contribution in [2.75, 3.05) is 33.9 Å². The van der Waals surface area contributed by atoms with Crippen LogP contribution in [0, 0.1) is 5.82 Å². The number of methoxy groups -OCH3 is 1. The molecule has 0 spiro atoms. The minimum Gasteiger partial charge on any atom is -0.385 e. The van der Waals surface area contributed by atoms with E-state index in [1.54, 1.807) is 32.4 Å². The third-order valence-electron chi connectivity index (χ3n) is 3.79. The monoisotopic (exact) mass is 324 g/mol. The Morgan fingerprint density at radius 3 is 2.91 bits per heavy atom. The number of hydrogen-bond acceptors (Lipinski definition) is 4. The van der Waals surface area contributed by atoms with Gasteiger partial charge in [-0.05, 0) is 12.5 Å². The Bertz CT molecular complexity index is 567. The number of carbonyl (C=O) groups is 2. The zero-order valence-corrected chi connectivity index (χ0v) is 13.3. The molecule has 0 aliphatic carbocycles. The van der Waals surface area contributed by atoms with E-state index in [0.717, 1.165) is 0 Å². The van der Waals surface area contributed by atoms with Crippen LogP contribution in [0.3, 0.4) is 0 Å². The highest BCUT2D eigenvalue weighted by Crippen LogP contribution is 2.30. The Balaban J connectivity index is 2.17. The van der Waals surface area contributed by atoms with Crippen molar-refractivity contribution in [1.29, 1.82) is 0 Å². The molecule has 1 aromatic rings. The van der Waals surface area contributed by atoms with Gasteiger partial charge in [0.15, 0.2) is 6.10 Å². The Morgan fingerprint density at radius 2 is 2.22 bits per heavy atom. The van der Waals surface area contributed by atoms with E-state index in [2.05, 4.69) is 5.32 Å². The summed E-state index contributed by atoms with van der Waals surface area (Å²) in [5, 5.41) is 2.74. The summed E-state index contributed by atoms with van der Waals surface area (Å²) in [5.41, 5.74) is 0.264. The number of carbonyl (C=O) groups excluding carboxylic acids is 2. The summed E-state index contributed by atoms with van der Waals surface area (Å²) in [6.45, 7) is 0.757. The van der Waals surface area contributed by atoms with Crippen molar-refractivity contribution in [3.05, 3.63) is 35.6 Å². The van der Waals surface area contributed by atoms with Crippen molar-refractivity contribution >= 4 is 11.8 Å². The van der Waals surface area contributed by atoms with Gasteiger partial charge in [0.05, 0.1) is 6.04 Å². The van der Waals surface area contributed by atoms with Gasteiger partial charge >= 0.3 is 0 Å². The lowest BCUT2D eigenvalue weighted by molar-refractivity contribution is -0.162. The topological polar surface area (TPSA) is 67.9 Å². The van der Waals surface area contributed by atoms with Gasteiger partial charge in [-0.1, -0.05) is 18.2 Å². The average Bonchev–Trinajstić information content (AvgIpc) is 2.55. The van der Waals surface area contributed by atoms with Gasteiger partial charge in [0.1, 0.15) is 12.4 Å². The van der Waals surface area contributed by atoms with Crippen molar-refractivity contribution < 1.29 is 23.5 Å². The van der Waals surface area contributed by atoms with Gasteiger partial charge in [-0.15, -0.1) is 0 Å². The second-order valence-electron chi connectivity index (χ2n) is 5.34. The predicted octanol–water partition coefficient (Wildman–Crippen LogP) is 0.877. The lowest BCUT2D eigenvalue weighted by Gasteiger charge is -2.38. The number of benzene rings is 1. The van der Waals surface area contributed by atoms with E-state index in [4.69, 9.17) is 9.47 Å². The van der Waals surface area contributed by atoms with Crippen molar-refractivity contribution in [3.63, 3.8) is 0 Å². The number of amides is 2. The molecule has 1 heterocycles. The molecule has 1 aromatic carbocycles. The fourth-order valence-electron chi connectivity index (χ4n) is 2.55. The summed E-state index contributed by atoms with van der Waals surface area (Å²) >= 11 is 0. The highest BCUT2D eigenvalue weighted by molar-refractivity contribution is 5.86. The first-order chi connectivity index (χ1) is 11.1. The maximum absolute atomic E-state index is 14.1. The Hall–Kier alpha value is -1.99. The largest absolute Gasteiger partial charge is 0.385 e. The minimum absolute atomic E-state index is 0.197. The van der Waals surface area contributed by atoms with Crippen LogP contribution in [0.1, 0.15) is 18.0 Å². The maximum atomic E-state index is 14.1. The molecule has 0 saturated carbocycles. The summed E-state index contributed by atoms with van der Waals surface area (Å²) in [4.78, 5) is 25.6. The standard InChI is InChI=1S/C16H21FN2O4/c1-19-13(20)10-23-15(16(21)18-8-5-9-22-2)14(19)11-6-3-4-7-12(11)17/h3-4,6-7,14-15H,5,8-10H2,1-2H3,(H,18,21)/t14-,15-/m1/s1. The summed E-state index contributed by atoms with van der Waals surface area (Å²) in [7, 11) is 3.13. The van der Waals surface area contributed by atoms with Crippen LogP contribution in [-0.4, -0.2) is 56.7 Å². The number of likely N-dealkylation sites (N-methyl/N-ethyl adjacent to an activating group) is 1. The van der Waals surface area contributed by atoms with Crippen LogP contribution in [-0.2, 0) is 19.1 Å². The molecular formula is C16H21FN2O4. The first-order valence-corrected chi connectivity index (χ1v) is 7.44. The van der Waals surface area contributed by atoms with Gasteiger partial charge in [-0.3, -0.25) is 9.59 Å². The SMILES string of the molecule is COCCCNC(=O)[C@@H]1OCC(=O)N(C)[C@@H]1c1ccccc1F. The number of rotatable bonds is 6. The second-order valence-corrected chi connectivity index (χ2v) is 5.34. The van der Waals surface area contributed by atoms with Gasteiger partial charge in [0.2, 0.25) is 5.91 Å². The molecule has 2 rings (SSSR count). The van der Waals surface area contributed by atoms with Crippen LogP contribution in [0.4, 0.5) is 4.39 Å². The van der Waals surface area contributed by atoms with Gasteiger partial charge in [0, 0.05) is 32.9 Å². The van der Waals surface area contributed by atoms with Crippen molar-refractivity contribution in [1.82, 2.24) is 10.2 Å². The number of nitrogens with one attached hydrogen (secondary N) is 1. The molecule has 0 unspecified atom stereocenters. The first kappa shape index (κ1) is 17.4. The molecule has 126 valence electrons. The fraction of sp³-hybridized carbons (Fsp3) is 0.500. The van der Waals surface area contributed by atoms with E-state index in [9.17, 15) is 14.0 Å². The van der Waals surface area contributed by atoms with E-state index in [0.29, 0.717) is 19.6 Å². The van der Waals surface area contributed by atoms with Crippen LogP contribution < -0.4 is 5.32 Å². The van der Waals surface area contributed by atoms with Crippen LogP contribution in [0.15, 0.2) is 24.3 Å². The predicted molar refractivity (Wildman–Crippen MR) is 81.2 cm³/mol. The number of nitrogens with zero attached hydrogens (tertiary/aromatic N) is 1. The van der Waals surface area contributed by atoms with Crippen molar-refractivity contribution in [2.24, 2.45) is 0 Å².